The number of nitrogens with zero attached hydrogens (tertiary/aromatic N) is 2. The van der Waals surface area contributed by atoms with Crippen molar-refractivity contribution in [3.8, 4) is 0 Å². The summed E-state index contributed by atoms with van der Waals surface area (Å²) in [6.45, 7) is 1.89. The Morgan fingerprint density at radius 1 is 1.20 bits per heavy atom. The van der Waals surface area contributed by atoms with Gasteiger partial charge in [-0.25, -0.2) is 4.98 Å². The highest BCUT2D eigenvalue weighted by atomic mass is 32.2. The maximum atomic E-state index is 12.7. The predicted molar refractivity (Wildman–Crippen MR) is 117 cm³/mol. The van der Waals surface area contributed by atoms with E-state index in [1.165, 1.54) is 11.8 Å². The van der Waals surface area contributed by atoms with Crippen molar-refractivity contribution in [1.29, 1.82) is 0 Å². The number of oxazole rings is 1. The van der Waals surface area contributed by atoms with Crippen LogP contribution < -0.4 is 11.1 Å². The molecular formula is C22H24N4O3S. The van der Waals surface area contributed by atoms with Crippen LogP contribution in [-0.4, -0.2) is 47.1 Å². The van der Waals surface area contributed by atoms with Crippen LogP contribution in [0.2, 0.25) is 0 Å². The molecule has 2 amide bonds. The third-order valence-electron chi connectivity index (χ3n) is 5.06. The normalized spacial score (nSPS) is 17.1. The fourth-order valence-corrected chi connectivity index (χ4v) is 4.45. The van der Waals surface area contributed by atoms with Crippen LogP contribution in [0.3, 0.4) is 0 Å². The van der Waals surface area contributed by atoms with Crippen LogP contribution >= 0.6 is 11.8 Å². The maximum absolute atomic E-state index is 12.7. The van der Waals surface area contributed by atoms with Gasteiger partial charge in [-0.05, 0) is 43.7 Å². The van der Waals surface area contributed by atoms with Crippen molar-refractivity contribution in [1.82, 2.24) is 9.88 Å². The molecule has 0 aliphatic carbocycles. The first kappa shape index (κ1) is 20.4. The van der Waals surface area contributed by atoms with E-state index in [0.29, 0.717) is 12.2 Å². The van der Waals surface area contributed by atoms with Crippen LogP contribution in [0.15, 0.2) is 57.8 Å². The number of rotatable bonds is 7. The van der Waals surface area contributed by atoms with Gasteiger partial charge in [-0.1, -0.05) is 24.3 Å². The lowest BCUT2D eigenvalue weighted by Crippen LogP contribution is -2.39. The molecule has 0 bridgehead atoms. The molecule has 156 valence electrons. The van der Waals surface area contributed by atoms with E-state index in [9.17, 15) is 9.59 Å². The highest BCUT2D eigenvalue weighted by Gasteiger charge is 2.26. The summed E-state index contributed by atoms with van der Waals surface area (Å²) in [4.78, 5) is 31.3. The fraction of sp³-hybridized carbons (Fsp3) is 0.318. The minimum Gasteiger partial charge on any atom is -0.440 e. The van der Waals surface area contributed by atoms with Crippen LogP contribution in [-0.2, 0) is 9.59 Å². The lowest BCUT2D eigenvalue weighted by atomic mass is 9.98. The molecule has 2 heterocycles. The van der Waals surface area contributed by atoms with Gasteiger partial charge in [0.25, 0.3) is 0 Å². The average molecular weight is 425 g/mol. The number of carbonyl (C=O) groups is 2. The Morgan fingerprint density at radius 2 is 2.00 bits per heavy atom. The molecule has 1 aliphatic heterocycles. The zero-order chi connectivity index (χ0) is 20.9. The molecule has 3 aromatic rings. The quantitative estimate of drug-likeness (QED) is 0.565. The van der Waals surface area contributed by atoms with Crippen LogP contribution in [0.25, 0.3) is 11.1 Å². The Kier molecular flexibility index (Phi) is 6.35. The Labute approximate surface area is 179 Å². The van der Waals surface area contributed by atoms with Crippen molar-refractivity contribution >= 4 is 40.4 Å². The van der Waals surface area contributed by atoms with Crippen molar-refractivity contribution in [2.75, 3.05) is 30.7 Å². The van der Waals surface area contributed by atoms with E-state index in [2.05, 4.69) is 15.2 Å². The van der Waals surface area contributed by atoms with Gasteiger partial charge in [0.05, 0.1) is 18.0 Å². The predicted octanol–water partition coefficient (Wildman–Crippen LogP) is 3.22. The number of likely N-dealkylation sites (tertiary alicyclic amines) is 1. The zero-order valence-electron chi connectivity index (χ0n) is 16.5. The number of anilines is 1. The van der Waals surface area contributed by atoms with Crippen molar-refractivity contribution in [2.45, 2.75) is 23.7 Å². The number of benzene rings is 2. The van der Waals surface area contributed by atoms with Gasteiger partial charge < -0.3 is 15.5 Å². The summed E-state index contributed by atoms with van der Waals surface area (Å²) >= 11 is 1.32. The second-order valence-electron chi connectivity index (χ2n) is 7.39. The number of thioether (sulfide) groups is 1. The molecule has 0 spiro atoms. The Bertz CT molecular complexity index is 1020. The van der Waals surface area contributed by atoms with Gasteiger partial charge in [0.1, 0.15) is 5.52 Å². The Morgan fingerprint density at radius 3 is 2.83 bits per heavy atom. The summed E-state index contributed by atoms with van der Waals surface area (Å²) < 4.78 is 5.94. The number of hydrogen-bond donors (Lipinski definition) is 2. The average Bonchev–Trinajstić information content (AvgIpc) is 3.17. The molecule has 0 radical (unpaired) electrons. The van der Waals surface area contributed by atoms with E-state index in [1.807, 2.05) is 48.5 Å². The summed E-state index contributed by atoms with van der Waals surface area (Å²) in [7, 11) is 0. The summed E-state index contributed by atoms with van der Waals surface area (Å²) in [6.07, 6.45) is 1.99. The molecule has 2 aromatic carbocycles. The largest absolute Gasteiger partial charge is 0.440 e. The van der Waals surface area contributed by atoms with Crippen LogP contribution in [0.1, 0.15) is 24.7 Å². The monoisotopic (exact) mass is 424 g/mol. The molecule has 1 aliphatic rings. The Hall–Kier alpha value is -2.84. The topological polar surface area (TPSA) is 101 Å². The number of aromatic nitrogens is 1. The van der Waals surface area contributed by atoms with E-state index >= 15 is 0 Å². The summed E-state index contributed by atoms with van der Waals surface area (Å²) in [5, 5.41) is 2.97. The molecule has 7 nitrogen and oxygen atoms in total. The van der Waals surface area contributed by atoms with E-state index < -0.39 is 0 Å². The van der Waals surface area contributed by atoms with Crippen LogP contribution in [0.4, 0.5) is 5.69 Å². The molecular weight excluding hydrogens is 400 g/mol. The van der Waals surface area contributed by atoms with E-state index in [1.54, 1.807) is 0 Å². The number of carbonyl (C=O) groups excluding carboxylic acids is 2. The smallest absolute Gasteiger partial charge is 0.238 e. The second-order valence-corrected chi connectivity index (χ2v) is 8.41. The number of para-hydroxylation sites is 3. The number of primary amides is 1. The first-order valence-corrected chi connectivity index (χ1v) is 10.9. The van der Waals surface area contributed by atoms with E-state index in [0.717, 1.165) is 47.8 Å². The first-order chi connectivity index (χ1) is 14.6. The molecule has 1 saturated heterocycles. The molecule has 1 aromatic heterocycles. The molecule has 4 rings (SSSR count). The van der Waals surface area contributed by atoms with Gasteiger partial charge in [0.2, 0.25) is 11.8 Å². The van der Waals surface area contributed by atoms with Crippen molar-refractivity contribution in [3.63, 3.8) is 0 Å². The van der Waals surface area contributed by atoms with Crippen molar-refractivity contribution in [3.05, 3.63) is 54.4 Å². The van der Waals surface area contributed by atoms with Gasteiger partial charge in [0.15, 0.2) is 11.5 Å². The van der Waals surface area contributed by atoms with Gasteiger partial charge in [0, 0.05) is 17.4 Å². The maximum Gasteiger partial charge on any atom is 0.238 e. The lowest BCUT2D eigenvalue weighted by molar-refractivity contribution is -0.117. The van der Waals surface area contributed by atoms with Crippen LogP contribution in [0, 0.1) is 0 Å². The number of amides is 2. The van der Waals surface area contributed by atoms with Gasteiger partial charge in [-0.2, -0.15) is 0 Å². The third kappa shape index (κ3) is 5.01. The fourth-order valence-electron chi connectivity index (χ4n) is 3.70. The highest BCUT2D eigenvalue weighted by Crippen LogP contribution is 2.29. The lowest BCUT2D eigenvalue weighted by Gasteiger charge is -2.30. The standard InChI is InChI=1S/C22H24N4O3S/c23-20(27)14-30-19-10-4-2-8-17(19)24-21(28)13-26-11-5-6-15(12-26)22-25-16-7-1-3-9-18(16)29-22/h1-4,7-10,15H,5-6,11-14H2,(H2,23,27)(H,24,28). The minimum absolute atomic E-state index is 0.0830. The zero-order valence-corrected chi connectivity index (χ0v) is 17.4. The number of nitrogens with one attached hydrogen (secondary N) is 1. The Balaban J connectivity index is 1.37. The molecule has 3 N–H and O–H groups in total. The minimum atomic E-state index is -0.389. The summed E-state index contributed by atoms with van der Waals surface area (Å²) in [5.41, 5.74) is 7.60. The molecule has 0 saturated carbocycles. The highest BCUT2D eigenvalue weighted by molar-refractivity contribution is 8.00. The molecule has 30 heavy (non-hydrogen) atoms. The summed E-state index contributed by atoms with van der Waals surface area (Å²) in [5.74, 6) is 0.623. The number of nitrogens with two attached hydrogens (primary N) is 1. The number of hydrogen-bond acceptors (Lipinski definition) is 6. The van der Waals surface area contributed by atoms with Crippen molar-refractivity contribution < 1.29 is 14.0 Å². The van der Waals surface area contributed by atoms with Gasteiger partial charge in [-0.15, -0.1) is 11.8 Å². The van der Waals surface area contributed by atoms with E-state index in [-0.39, 0.29) is 23.5 Å². The van der Waals surface area contributed by atoms with Gasteiger partial charge in [-0.3, -0.25) is 14.5 Å². The number of piperidine rings is 1. The SMILES string of the molecule is NC(=O)CSc1ccccc1NC(=O)CN1CCCC(c2nc3ccccc3o2)C1. The third-order valence-corrected chi connectivity index (χ3v) is 6.16. The second kappa shape index (κ2) is 9.32. The van der Waals surface area contributed by atoms with Gasteiger partial charge >= 0.3 is 0 Å². The molecule has 1 atom stereocenters. The summed E-state index contributed by atoms with van der Waals surface area (Å²) in [6, 6.07) is 15.2. The molecule has 1 unspecified atom stereocenters. The van der Waals surface area contributed by atoms with E-state index in [4.69, 9.17) is 10.2 Å². The molecule has 1 fully saturated rings. The van der Waals surface area contributed by atoms with Crippen LogP contribution in [0.5, 0.6) is 0 Å². The van der Waals surface area contributed by atoms with Crippen molar-refractivity contribution in [2.24, 2.45) is 5.73 Å². The first-order valence-electron chi connectivity index (χ1n) is 9.96. The number of fused-ring (bicyclic) bond motifs is 1. The molecule has 8 heteroatoms.